The van der Waals surface area contributed by atoms with E-state index in [0.29, 0.717) is 31.8 Å². The van der Waals surface area contributed by atoms with E-state index < -0.39 is 0 Å². The number of H-pyrrole nitrogens is 1. The minimum absolute atomic E-state index is 0.0914. The molecule has 0 aliphatic rings. The third-order valence-electron chi connectivity index (χ3n) is 5.04. The molecule has 4 aromatic rings. The molecule has 2 aromatic heterocycles. The molecule has 0 amide bonds. The summed E-state index contributed by atoms with van der Waals surface area (Å²) in [7, 11) is 0. The summed E-state index contributed by atoms with van der Waals surface area (Å²) in [6.45, 7) is 3.09. The average Bonchev–Trinajstić information content (AvgIpc) is 3.43. The summed E-state index contributed by atoms with van der Waals surface area (Å²) in [5.74, 6) is 3.99. The number of nitrogens with zero attached hydrogens (tertiary/aromatic N) is 6. The molecule has 8 heteroatoms. The summed E-state index contributed by atoms with van der Waals surface area (Å²) in [6.07, 6.45) is 7.40. The molecule has 0 atom stereocenters. The summed E-state index contributed by atoms with van der Waals surface area (Å²) in [6, 6.07) is 16.2. The predicted molar refractivity (Wildman–Crippen MR) is 118 cm³/mol. The fraction of sp³-hybridized carbons (Fsp3) is 0.261. The van der Waals surface area contributed by atoms with Gasteiger partial charge in [-0.25, -0.2) is 14.6 Å². The minimum atomic E-state index is -0.0914. The monoisotopic (exact) mass is 413 g/mol. The number of aromatic amines is 1. The van der Waals surface area contributed by atoms with E-state index in [4.69, 9.17) is 6.42 Å². The van der Waals surface area contributed by atoms with Gasteiger partial charge < -0.3 is 0 Å². The van der Waals surface area contributed by atoms with Gasteiger partial charge >= 0.3 is 5.69 Å². The van der Waals surface area contributed by atoms with Crippen molar-refractivity contribution in [3.63, 3.8) is 0 Å². The molecule has 2 aromatic carbocycles. The third-order valence-corrected chi connectivity index (χ3v) is 5.04. The molecule has 0 aliphatic carbocycles. The summed E-state index contributed by atoms with van der Waals surface area (Å²) in [5.41, 5.74) is 3.98. The molecule has 0 aliphatic heterocycles. The topological polar surface area (TPSA) is 94.3 Å². The highest BCUT2D eigenvalue weighted by molar-refractivity contribution is 5.70. The Morgan fingerprint density at radius 3 is 2.61 bits per heavy atom. The van der Waals surface area contributed by atoms with Gasteiger partial charge in [-0.2, -0.15) is 5.10 Å². The van der Waals surface area contributed by atoms with Crippen molar-refractivity contribution >= 4 is 0 Å². The zero-order valence-corrected chi connectivity index (χ0v) is 17.3. The van der Waals surface area contributed by atoms with Crippen LogP contribution in [0.4, 0.5) is 0 Å². The minimum Gasteiger partial charge on any atom is -0.274 e. The quantitative estimate of drug-likeness (QED) is 0.448. The smallest absolute Gasteiger partial charge is 0.274 e. The molecule has 0 unspecified atom stereocenters. The average molecular weight is 413 g/mol. The van der Waals surface area contributed by atoms with Crippen LogP contribution in [0.25, 0.3) is 22.5 Å². The lowest BCUT2D eigenvalue weighted by molar-refractivity contribution is 0.569. The Bertz CT molecular complexity index is 1240. The van der Waals surface area contributed by atoms with E-state index in [0.717, 1.165) is 34.5 Å². The first kappa shape index (κ1) is 20.3. The molecular formula is C23H23N7O. The number of nitrogens with one attached hydrogen (secondary N) is 1. The normalized spacial score (nSPS) is 10.8. The molecule has 0 bridgehead atoms. The van der Waals surface area contributed by atoms with Gasteiger partial charge in [-0.15, -0.1) is 17.4 Å². The summed E-state index contributed by atoms with van der Waals surface area (Å²) < 4.78 is 3.25. The van der Waals surface area contributed by atoms with E-state index in [1.807, 2.05) is 43.3 Å². The van der Waals surface area contributed by atoms with Crippen molar-refractivity contribution in [3.8, 4) is 34.9 Å². The molecule has 0 spiro atoms. The highest BCUT2D eigenvalue weighted by atomic mass is 16.2. The molecule has 0 saturated heterocycles. The zero-order valence-electron chi connectivity index (χ0n) is 17.3. The first-order chi connectivity index (χ1) is 15.2. The molecule has 8 nitrogen and oxygen atoms in total. The van der Waals surface area contributed by atoms with Crippen LogP contribution in [0.2, 0.25) is 0 Å². The predicted octanol–water partition coefficient (Wildman–Crippen LogP) is 2.92. The van der Waals surface area contributed by atoms with Crippen LogP contribution < -0.4 is 5.69 Å². The van der Waals surface area contributed by atoms with Crippen molar-refractivity contribution in [1.29, 1.82) is 0 Å². The summed E-state index contributed by atoms with van der Waals surface area (Å²) in [4.78, 5) is 12.8. The molecule has 2 heterocycles. The van der Waals surface area contributed by atoms with E-state index in [1.54, 1.807) is 4.57 Å². The second-order valence-corrected chi connectivity index (χ2v) is 7.24. The Kier molecular flexibility index (Phi) is 6.03. The van der Waals surface area contributed by atoms with Gasteiger partial charge in [0.05, 0.1) is 6.54 Å². The largest absolute Gasteiger partial charge is 0.346 e. The van der Waals surface area contributed by atoms with Gasteiger partial charge in [0.1, 0.15) is 5.82 Å². The van der Waals surface area contributed by atoms with Gasteiger partial charge in [-0.1, -0.05) is 49.4 Å². The first-order valence-corrected chi connectivity index (χ1v) is 10.2. The van der Waals surface area contributed by atoms with Crippen molar-refractivity contribution in [2.75, 3.05) is 0 Å². The maximum atomic E-state index is 12.8. The highest BCUT2D eigenvalue weighted by Crippen LogP contribution is 2.24. The number of benzene rings is 2. The Balaban J connectivity index is 1.58. The number of tetrazole rings is 1. The van der Waals surface area contributed by atoms with Crippen molar-refractivity contribution in [2.24, 2.45) is 0 Å². The second kappa shape index (κ2) is 9.22. The van der Waals surface area contributed by atoms with Crippen LogP contribution in [0.1, 0.15) is 31.2 Å². The Labute approximate surface area is 179 Å². The van der Waals surface area contributed by atoms with E-state index in [2.05, 4.69) is 43.8 Å². The van der Waals surface area contributed by atoms with Crippen molar-refractivity contribution < 1.29 is 0 Å². The Hall–Kier alpha value is -3.99. The van der Waals surface area contributed by atoms with Gasteiger partial charge in [0, 0.05) is 24.9 Å². The van der Waals surface area contributed by atoms with Crippen LogP contribution in [0.3, 0.4) is 0 Å². The Morgan fingerprint density at radius 2 is 1.90 bits per heavy atom. The number of aryl methyl sites for hydroxylation is 2. The standard InChI is InChI=1S/C23H23N7O/c1-3-5-9-21-26-30(14-4-2)23(31)29(21)16-17-10-12-18(13-11-17)19-7-6-8-20(15-19)22-24-27-28-25-22/h1,6-8,10-13,15H,4-5,9,14,16H2,2H3,(H,24,25,27,28). The van der Waals surface area contributed by atoms with Gasteiger partial charge in [0.25, 0.3) is 0 Å². The summed E-state index contributed by atoms with van der Waals surface area (Å²) >= 11 is 0. The molecule has 0 fully saturated rings. The van der Waals surface area contributed by atoms with Crippen LogP contribution in [0.15, 0.2) is 53.3 Å². The maximum absolute atomic E-state index is 12.8. The SMILES string of the molecule is C#CCCc1nn(CCC)c(=O)n1Cc1ccc(-c2cccc(-c3nnn[nH]3)c2)cc1. The molecule has 31 heavy (non-hydrogen) atoms. The van der Waals surface area contributed by atoms with E-state index >= 15 is 0 Å². The molecule has 1 N–H and O–H groups in total. The molecule has 156 valence electrons. The lowest BCUT2D eigenvalue weighted by Gasteiger charge is -2.08. The van der Waals surface area contributed by atoms with Crippen molar-refractivity contribution in [1.82, 2.24) is 35.0 Å². The van der Waals surface area contributed by atoms with Crippen LogP contribution in [-0.4, -0.2) is 35.0 Å². The third kappa shape index (κ3) is 4.46. The van der Waals surface area contributed by atoms with Crippen molar-refractivity contribution in [2.45, 2.75) is 39.3 Å². The molecule has 0 radical (unpaired) electrons. The zero-order chi connectivity index (χ0) is 21.6. The van der Waals surface area contributed by atoms with Gasteiger partial charge in [0.2, 0.25) is 0 Å². The van der Waals surface area contributed by atoms with Crippen LogP contribution in [-0.2, 0) is 19.5 Å². The van der Waals surface area contributed by atoms with Gasteiger partial charge in [-0.3, -0.25) is 4.57 Å². The van der Waals surface area contributed by atoms with Crippen molar-refractivity contribution in [3.05, 3.63) is 70.4 Å². The number of aromatic nitrogens is 7. The molecule has 4 rings (SSSR count). The highest BCUT2D eigenvalue weighted by Gasteiger charge is 2.13. The van der Waals surface area contributed by atoms with E-state index in [1.165, 1.54) is 4.68 Å². The van der Waals surface area contributed by atoms with Crippen LogP contribution in [0.5, 0.6) is 0 Å². The summed E-state index contributed by atoms with van der Waals surface area (Å²) in [5, 5.41) is 18.5. The second-order valence-electron chi connectivity index (χ2n) is 7.24. The van der Waals surface area contributed by atoms with Gasteiger partial charge in [0.15, 0.2) is 5.82 Å². The number of terminal acetylenes is 1. The maximum Gasteiger partial charge on any atom is 0.346 e. The lowest BCUT2D eigenvalue weighted by Crippen LogP contribution is -2.26. The van der Waals surface area contributed by atoms with Gasteiger partial charge in [-0.05, 0) is 39.6 Å². The Morgan fingerprint density at radius 1 is 1.10 bits per heavy atom. The fourth-order valence-corrected chi connectivity index (χ4v) is 3.48. The number of hydrogen-bond donors (Lipinski definition) is 1. The fourth-order valence-electron chi connectivity index (χ4n) is 3.48. The lowest BCUT2D eigenvalue weighted by atomic mass is 10.0. The van der Waals surface area contributed by atoms with E-state index in [9.17, 15) is 4.79 Å². The number of rotatable bonds is 8. The molecule has 0 saturated carbocycles. The van der Waals surface area contributed by atoms with Crippen LogP contribution in [0, 0.1) is 12.3 Å². The van der Waals surface area contributed by atoms with Crippen LogP contribution >= 0.6 is 0 Å². The molecular weight excluding hydrogens is 390 g/mol. The van der Waals surface area contributed by atoms with E-state index in [-0.39, 0.29) is 5.69 Å². The number of hydrogen-bond acceptors (Lipinski definition) is 5. The first-order valence-electron chi connectivity index (χ1n) is 10.2.